The Morgan fingerprint density at radius 2 is 2.17 bits per heavy atom. The molecule has 3 N–H and O–H groups in total. The van der Waals surface area contributed by atoms with Crippen LogP contribution in [0.25, 0.3) is 0 Å². The molecule has 2 rings (SSSR count). The number of benzene rings is 1. The maximum atomic E-state index is 12.0. The molecule has 1 atom stereocenters. The van der Waals surface area contributed by atoms with E-state index in [0.29, 0.717) is 17.0 Å². The monoisotopic (exact) mass is 264 g/mol. The molecule has 18 heavy (non-hydrogen) atoms. The van der Waals surface area contributed by atoms with Gasteiger partial charge >= 0.3 is 0 Å². The first-order valence-corrected chi connectivity index (χ1v) is 5.85. The van der Waals surface area contributed by atoms with Gasteiger partial charge in [0.1, 0.15) is 5.76 Å². The molecule has 0 fully saturated rings. The van der Waals surface area contributed by atoms with E-state index in [2.05, 4.69) is 5.32 Å². The second kappa shape index (κ2) is 5.14. The molecular formula is C13H13ClN2O2. The van der Waals surface area contributed by atoms with Gasteiger partial charge in [0.25, 0.3) is 5.91 Å². The van der Waals surface area contributed by atoms with Gasteiger partial charge in [-0.2, -0.15) is 0 Å². The number of rotatable bonds is 3. The number of carbonyl (C=O) groups is 1. The minimum absolute atomic E-state index is 0.231. The van der Waals surface area contributed by atoms with Crippen molar-refractivity contribution in [1.29, 1.82) is 0 Å². The van der Waals surface area contributed by atoms with E-state index < -0.39 is 0 Å². The van der Waals surface area contributed by atoms with Gasteiger partial charge in [0, 0.05) is 0 Å². The zero-order chi connectivity index (χ0) is 13.1. The number of anilines is 1. The van der Waals surface area contributed by atoms with Crippen LogP contribution in [0.4, 0.5) is 5.69 Å². The second-order valence-electron chi connectivity index (χ2n) is 3.92. The number of hydrogen-bond acceptors (Lipinski definition) is 3. The Bertz CT molecular complexity index is 552. The van der Waals surface area contributed by atoms with Gasteiger partial charge < -0.3 is 15.5 Å². The molecule has 0 bridgehead atoms. The predicted molar refractivity (Wildman–Crippen MR) is 70.5 cm³/mol. The highest BCUT2D eigenvalue weighted by molar-refractivity contribution is 6.36. The third kappa shape index (κ3) is 2.49. The average molecular weight is 265 g/mol. The minimum atomic E-state index is -0.281. The summed E-state index contributed by atoms with van der Waals surface area (Å²) in [6, 6.07) is 8.30. The van der Waals surface area contributed by atoms with Crippen LogP contribution in [-0.4, -0.2) is 5.91 Å². The van der Waals surface area contributed by atoms with Crippen molar-refractivity contribution >= 4 is 23.2 Å². The van der Waals surface area contributed by atoms with Crippen LogP contribution in [-0.2, 0) is 0 Å². The van der Waals surface area contributed by atoms with Crippen molar-refractivity contribution in [2.75, 3.05) is 5.73 Å². The maximum absolute atomic E-state index is 12.0. The van der Waals surface area contributed by atoms with Gasteiger partial charge in [0.15, 0.2) is 0 Å². The van der Waals surface area contributed by atoms with Gasteiger partial charge in [-0.25, -0.2) is 0 Å². The molecule has 4 nitrogen and oxygen atoms in total. The number of amides is 1. The van der Waals surface area contributed by atoms with Crippen LogP contribution in [0.2, 0.25) is 5.02 Å². The third-order valence-electron chi connectivity index (χ3n) is 2.59. The molecule has 0 aliphatic carbocycles. The number of nitrogens with one attached hydrogen (secondary N) is 1. The fourth-order valence-electron chi connectivity index (χ4n) is 1.61. The topological polar surface area (TPSA) is 68.3 Å². The molecule has 0 saturated carbocycles. The number of carbonyl (C=O) groups excluding carboxylic acids is 1. The fourth-order valence-corrected chi connectivity index (χ4v) is 1.82. The van der Waals surface area contributed by atoms with E-state index in [1.165, 1.54) is 0 Å². The summed E-state index contributed by atoms with van der Waals surface area (Å²) in [4.78, 5) is 12.0. The molecule has 1 heterocycles. The molecule has 0 radical (unpaired) electrons. The molecule has 0 spiro atoms. The first-order valence-electron chi connectivity index (χ1n) is 5.48. The van der Waals surface area contributed by atoms with Gasteiger partial charge in [-0.15, -0.1) is 0 Å². The quantitative estimate of drug-likeness (QED) is 0.838. The van der Waals surface area contributed by atoms with Crippen LogP contribution in [0.1, 0.15) is 29.1 Å². The van der Waals surface area contributed by atoms with E-state index >= 15 is 0 Å². The van der Waals surface area contributed by atoms with Crippen molar-refractivity contribution in [2.45, 2.75) is 13.0 Å². The number of furan rings is 1. The minimum Gasteiger partial charge on any atom is -0.467 e. The lowest BCUT2D eigenvalue weighted by Gasteiger charge is -2.12. The molecule has 94 valence electrons. The van der Waals surface area contributed by atoms with Gasteiger partial charge in [-0.1, -0.05) is 17.7 Å². The lowest BCUT2D eigenvalue weighted by molar-refractivity contribution is 0.0935. The zero-order valence-corrected chi connectivity index (χ0v) is 10.6. The van der Waals surface area contributed by atoms with E-state index in [4.69, 9.17) is 21.8 Å². The molecule has 5 heteroatoms. The summed E-state index contributed by atoms with van der Waals surface area (Å²) in [6.45, 7) is 1.83. The van der Waals surface area contributed by atoms with Crippen LogP contribution >= 0.6 is 11.6 Å². The van der Waals surface area contributed by atoms with Gasteiger partial charge in [-0.05, 0) is 31.2 Å². The van der Waals surface area contributed by atoms with Crippen LogP contribution in [0.3, 0.4) is 0 Å². The van der Waals surface area contributed by atoms with E-state index in [9.17, 15) is 4.79 Å². The number of hydrogen-bond donors (Lipinski definition) is 2. The highest BCUT2D eigenvalue weighted by Crippen LogP contribution is 2.23. The number of nitrogen functional groups attached to an aromatic ring is 1. The Hall–Kier alpha value is -1.94. The van der Waals surface area contributed by atoms with Crippen molar-refractivity contribution in [3.63, 3.8) is 0 Å². The second-order valence-corrected chi connectivity index (χ2v) is 4.30. The Morgan fingerprint density at radius 3 is 2.83 bits per heavy atom. The molecule has 0 aliphatic rings. The van der Waals surface area contributed by atoms with Gasteiger partial charge in [0.2, 0.25) is 0 Å². The molecule has 1 unspecified atom stereocenters. The van der Waals surface area contributed by atoms with Gasteiger partial charge in [-0.3, -0.25) is 4.79 Å². The summed E-state index contributed by atoms with van der Waals surface area (Å²) in [7, 11) is 0. The normalized spacial score (nSPS) is 12.1. The molecule has 0 saturated heterocycles. The lowest BCUT2D eigenvalue weighted by Crippen LogP contribution is -2.26. The largest absolute Gasteiger partial charge is 0.467 e. The highest BCUT2D eigenvalue weighted by Gasteiger charge is 2.16. The van der Waals surface area contributed by atoms with Crippen LogP contribution in [0.15, 0.2) is 41.0 Å². The SMILES string of the molecule is CC(NC(=O)c1cccc(N)c1Cl)c1ccco1. The van der Waals surface area contributed by atoms with E-state index in [0.717, 1.165) is 0 Å². The van der Waals surface area contributed by atoms with Crippen LogP contribution < -0.4 is 11.1 Å². The number of nitrogens with two attached hydrogens (primary N) is 1. The number of halogens is 1. The van der Waals surface area contributed by atoms with Crippen molar-refractivity contribution in [3.8, 4) is 0 Å². The van der Waals surface area contributed by atoms with E-state index in [1.54, 1.807) is 36.6 Å². The summed E-state index contributed by atoms with van der Waals surface area (Å²) in [6.07, 6.45) is 1.56. The van der Waals surface area contributed by atoms with Crippen molar-refractivity contribution in [3.05, 3.63) is 52.9 Å². The molecule has 2 aromatic rings. The van der Waals surface area contributed by atoms with Crippen molar-refractivity contribution < 1.29 is 9.21 Å². The first-order chi connectivity index (χ1) is 8.59. The third-order valence-corrected chi connectivity index (χ3v) is 3.01. The summed E-state index contributed by atoms with van der Waals surface area (Å²) in [5.41, 5.74) is 6.39. The average Bonchev–Trinajstić information content (AvgIpc) is 2.86. The summed E-state index contributed by atoms with van der Waals surface area (Å²) in [5.74, 6) is 0.402. The van der Waals surface area contributed by atoms with Crippen LogP contribution in [0.5, 0.6) is 0 Å². The maximum Gasteiger partial charge on any atom is 0.253 e. The van der Waals surface area contributed by atoms with E-state index in [-0.39, 0.29) is 17.0 Å². The molecular weight excluding hydrogens is 252 g/mol. The molecule has 1 aromatic carbocycles. The Kier molecular flexibility index (Phi) is 3.58. The summed E-state index contributed by atoms with van der Waals surface area (Å²) in [5, 5.41) is 3.06. The molecule has 1 aromatic heterocycles. The molecule has 0 aliphatic heterocycles. The zero-order valence-electron chi connectivity index (χ0n) is 9.81. The first kappa shape index (κ1) is 12.5. The Labute approximate surface area is 110 Å². The fraction of sp³-hybridized carbons (Fsp3) is 0.154. The van der Waals surface area contributed by atoms with E-state index in [1.807, 2.05) is 6.92 Å². The van der Waals surface area contributed by atoms with Crippen LogP contribution in [0, 0.1) is 0 Å². The standard InChI is InChI=1S/C13H13ClN2O2/c1-8(11-6-3-7-18-11)16-13(17)9-4-2-5-10(15)12(9)14/h2-8H,15H2,1H3,(H,16,17). The Balaban J connectivity index is 2.15. The predicted octanol–water partition coefficient (Wildman–Crippen LogP) is 3.01. The van der Waals surface area contributed by atoms with Crippen molar-refractivity contribution in [1.82, 2.24) is 5.32 Å². The summed E-state index contributed by atoms with van der Waals surface area (Å²) < 4.78 is 5.21. The van der Waals surface area contributed by atoms with Crippen molar-refractivity contribution in [2.24, 2.45) is 0 Å². The lowest BCUT2D eigenvalue weighted by atomic mass is 10.1. The smallest absolute Gasteiger partial charge is 0.253 e. The highest BCUT2D eigenvalue weighted by atomic mass is 35.5. The Morgan fingerprint density at radius 1 is 1.39 bits per heavy atom. The molecule has 1 amide bonds. The summed E-state index contributed by atoms with van der Waals surface area (Å²) >= 11 is 5.99. The van der Waals surface area contributed by atoms with Gasteiger partial charge in [0.05, 0.1) is 28.6 Å².